The van der Waals surface area contributed by atoms with Crippen molar-refractivity contribution in [3.05, 3.63) is 28.8 Å². The first-order valence-electron chi connectivity index (χ1n) is 6.67. The quantitative estimate of drug-likeness (QED) is 0.660. The lowest BCUT2D eigenvalue weighted by Gasteiger charge is -2.29. The Labute approximate surface area is 103 Å². The molecule has 1 saturated heterocycles. The summed E-state index contributed by atoms with van der Waals surface area (Å²) < 4.78 is 0. The third-order valence-electron chi connectivity index (χ3n) is 4.00. The van der Waals surface area contributed by atoms with Crippen molar-refractivity contribution in [2.75, 3.05) is 6.54 Å². The van der Waals surface area contributed by atoms with E-state index in [1.54, 1.807) is 0 Å². The second kappa shape index (κ2) is 4.17. The van der Waals surface area contributed by atoms with Crippen molar-refractivity contribution in [1.82, 2.24) is 4.90 Å². The monoisotopic (exact) mass is 228 g/mol. The van der Waals surface area contributed by atoms with Crippen LogP contribution in [0.25, 0.3) is 0 Å². The van der Waals surface area contributed by atoms with Crippen molar-refractivity contribution in [2.24, 2.45) is 4.99 Å². The van der Waals surface area contributed by atoms with Crippen LogP contribution >= 0.6 is 0 Å². The van der Waals surface area contributed by atoms with Crippen LogP contribution in [0, 0.1) is 13.8 Å². The predicted octanol–water partition coefficient (Wildman–Crippen LogP) is 3.72. The van der Waals surface area contributed by atoms with Gasteiger partial charge in [-0.2, -0.15) is 0 Å². The zero-order chi connectivity index (χ0) is 11.8. The highest BCUT2D eigenvalue weighted by atomic mass is 15.2. The second-order valence-electron chi connectivity index (χ2n) is 5.33. The van der Waals surface area contributed by atoms with Crippen LogP contribution < -0.4 is 0 Å². The van der Waals surface area contributed by atoms with Gasteiger partial charge in [-0.25, -0.2) is 4.99 Å². The average molecular weight is 228 g/mol. The minimum atomic E-state index is 1.06. The fraction of sp³-hybridized carbons (Fsp3) is 0.533. The number of aryl methyl sites for hydroxylation is 2. The van der Waals surface area contributed by atoms with Crippen molar-refractivity contribution in [3.63, 3.8) is 0 Å². The van der Waals surface area contributed by atoms with E-state index in [2.05, 4.69) is 30.9 Å². The zero-order valence-corrected chi connectivity index (χ0v) is 10.8. The van der Waals surface area contributed by atoms with Gasteiger partial charge in [0.15, 0.2) is 0 Å². The first-order chi connectivity index (χ1) is 8.24. The Hall–Kier alpha value is -1.31. The molecule has 17 heavy (non-hydrogen) atoms. The van der Waals surface area contributed by atoms with Crippen LogP contribution in [-0.2, 0) is 6.54 Å². The number of hydrogen-bond donors (Lipinski definition) is 0. The van der Waals surface area contributed by atoms with Gasteiger partial charge in [-0.1, -0.05) is 12.5 Å². The topological polar surface area (TPSA) is 15.6 Å². The molecular formula is C15H20N2. The van der Waals surface area contributed by atoms with E-state index in [-0.39, 0.29) is 0 Å². The van der Waals surface area contributed by atoms with Gasteiger partial charge in [0.1, 0.15) is 5.84 Å². The van der Waals surface area contributed by atoms with Crippen LogP contribution in [0.5, 0.6) is 0 Å². The van der Waals surface area contributed by atoms with Crippen molar-refractivity contribution < 1.29 is 0 Å². The van der Waals surface area contributed by atoms with Gasteiger partial charge < -0.3 is 4.90 Å². The Kier molecular flexibility index (Phi) is 2.65. The smallest absolute Gasteiger partial charge is 0.105 e. The number of benzene rings is 1. The van der Waals surface area contributed by atoms with Crippen LogP contribution in [0.2, 0.25) is 0 Å². The first kappa shape index (κ1) is 10.8. The molecule has 2 aliphatic heterocycles. The molecule has 0 spiro atoms. The number of nitrogens with zero attached hydrogens (tertiary/aromatic N) is 2. The molecule has 2 heterocycles. The standard InChI is InChI=1S/C15H20N2/c1-11-8-13-10-17-7-5-3-4-6-15(17)16-14(13)9-12(11)2/h8-9H,3-7,10H2,1-2H3. The fourth-order valence-corrected chi connectivity index (χ4v) is 2.78. The Morgan fingerprint density at radius 2 is 1.88 bits per heavy atom. The molecule has 1 aromatic rings. The largest absolute Gasteiger partial charge is 0.356 e. The molecule has 0 radical (unpaired) electrons. The molecule has 2 aliphatic rings. The van der Waals surface area contributed by atoms with Gasteiger partial charge in [-0.05, 0) is 49.4 Å². The molecule has 0 aliphatic carbocycles. The highest BCUT2D eigenvalue weighted by Gasteiger charge is 2.21. The van der Waals surface area contributed by atoms with Crippen LogP contribution in [0.3, 0.4) is 0 Å². The summed E-state index contributed by atoms with van der Waals surface area (Å²) >= 11 is 0. The van der Waals surface area contributed by atoms with E-state index in [0.717, 1.165) is 13.0 Å². The number of amidine groups is 1. The van der Waals surface area contributed by atoms with E-state index in [1.165, 1.54) is 54.0 Å². The van der Waals surface area contributed by atoms with Crippen molar-refractivity contribution in [2.45, 2.75) is 46.1 Å². The Morgan fingerprint density at radius 1 is 1.06 bits per heavy atom. The molecule has 1 aromatic carbocycles. The fourth-order valence-electron chi connectivity index (χ4n) is 2.78. The summed E-state index contributed by atoms with van der Waals surface area (Å²) in [6.07, 6.45) is 5.13. The first-order valence-corrected chi connectivity index (χ1v) is 6.67. The van der Waals surface area contributed by atoms with E-state index in [4.69, 9.17) is 4.99 Å². The van der Waals surface area contributed by atoms with E-state index in [1.807, 2.05) is 0 Å². The number of fused-ring (bicyclic) bond motifs is 2. The minimum absolute atomic E-state index is 1.06. The molecule has 0 aromatic heterocycles. The van der Waals surface area contributed by atoms with Crippen molar-refractivity contribution in [1.29, 1.82) is 0 Å². The Morgan fingerprint density at radius 3 is 2.76 bits per heavy atom. The lowest BCUT2D eigenvalue weighted by atomic mass is 10.0. The molecule has 0 N–H and O–H groups in total. The average Bonchev–Trinajstić information content (AvgIpc) is 2.53. The Bertz CT molecular complexity index is 474. The Balaban J connectivity index is 2.02. The van der Waals surface area contributed by atoms with Gasteiger partial charge in [0.2, 0.25) is 0 Å². The molecule has 2 nitrogen and oxygen atoms in total. The summed E-state index contributed by atoms with van der Waals surface area (Å²) in [5.74, 6) is 1.32. The molecule has 0 amide bonds. The summed E-state index contributed by atoms with van der Waals surface area (Å²) in [4.78, 5) is 7.35. The molecule has 2 heteroatoms. The van der Waals surface area contributed by atoms with Gasteiger partial charge in [0, 0.05) is 19.5 Å². The highest BCUT2D eigenvalue weighted by Crippen LogP contribution is 2.31. The lowest BCUT2D eigenvalue weighted by molar-refractivity contribution is 0.403. The van der Waals surface area contributed by atoms with Gasteiger partial charge in [-0.3, -0.25) is 0 Å². The maximum absolute atomic E-state index is 4.87. The molecule has 3 rings (SSSR count). The number of rotatable bonds is 0. The van der Waals surface area contributed by atoms with Crippen LogP contribution in [0.15, 0.2) is 17.1 Å². The zero-order valence-electron chi connectivity index (χ0n) is 10.8. The molecule has 0 atom stereocenters. The van der Waals surface area contributed by atoms with Crippen LogP contribution in [-0.4, -0.2) is 17.3 Å². The second-order valence-corrected chi connectivity index (χ2v) is 5.33. The number of hydrogen-bond acceptors (Lipinski definition) is 2. The van der Waals surface area contributed by atoms with Gasteiger partial charge in [0.05, 0.1) is 5.69 Å². The lowest BCUT2D eigenvalue weighted by Crippen LogP contribution is -2.32. The van der Waals surface area contributed by atoms with Crippen LogP contribution in [0.1, 0.15) is 42.4 Å². The molecule has 0 unspecified atom stereocenters. The van der Waals surface area contributed by atoms with E-state index >= 15 is 0 Å². The highest BCUT2D eigenvalue weighted by molar-refractivity contribution is 5.87. The SMILES string of the molecule is Cc1cc2c(cc1C)N=C1CCCCCN1C2. The van der Waals surface area contributed by atoms with E-state index in [0.29, 0.717) is 0 Å². The van der Waals surface area contributed by atoms with Crippen LogP contribution in [0.4, 0.5) is 5.69 Å². The van der Waals surface area contributed by atoms with Crippen molar-refractivity contribution in [3.8, 4) is 0 Å². The van der Waals surface area contributed by atoms with Crippen molar-refractivity contribution >= 4 is 11.5 Å². The summed E-state index contributed by atoms with van der Waals surface area (Å²) in [5, 5.41) is 0. The third-order valence-corrected chi connectivity index (χ3v) is 4.00. The maximum atomic E-state index is 4.87. The summed E-state index contributed by atoms with van der Waals surface area (Å²) in [6.45, 7) is 6.62. The number of aliphatic imine (C=N–C) groups is 1. The molecule has 0 bridgehead atoms. The normalized spacial score (nSPS) is 19.2. The summed E-state index contributed by atoms with van der Waals surface area (Å²) in [6, 6.07) is 4.57. The minimum Gasteiger partial charge on any atom is -0.356 e. The molecule has 90 valence electrons. The molecule has 0 saturated carbocycles. The molecule has 1 fully saturated rings. The predicted molar refractivity (Wildman–Crippen MR) is 71.9 cm³/mol. The van der Waals surface area contributed by atoms with E-state index < -0.39 is 0 Å². The molecular weight excluding hydrogens is 208 g/mol. The van der Waals surface area contributed by atoms with E-state index in [9.17, 15) is 0 Å². The van der Waals surface area contributed by atoms with Gasteiger partial charge in [-0.15, -0.1) is 0 Å². The third kappa shape index (κ3) is 1.97. The summed E-state index contributed by atoms with van der Waals surface area (Å²) in [5.41, 5.74) is 5.35. The van der Waals surface area contributed by atoms with Gasteiger partial charge >= 0.3 is 0 Å². The summed E-state index contributed by atoms with van der Waals surface area (Å²) in [7, 11) is 0. The maximum Gasteiger partial charge on any atom is 0.105 e. The van der Waals surface area contributed by atoms with Gasteiger partial charge in [0.25, 0.3) is 0 Å².